The summed E-state index contributed by atoms with van der Waals surface area (Å²) < 4.78 is 22.8. The van der Waals surface area contributed by atoms with Crippen LogP contribution in [0.2, 0.25) is 0 Å². The van der Waals surface area contributed by atoms with Crippen LogP contribution in [-0.2, 0) is 4.74 Å². The van der Waals surface area contributed by atoms with Crippen molar-refractivity contribution in [3.05, 3.63) is 82.2 Å². The average Bonchev–Trinajstić information content (AvgIpc) is 3.20. The number of morpholine rings is 1. The van der Waals surface area contributed by atoms with E-state index >= 15 is 0 Å². The summed E-state index contributed by atoms with van der Waals surface area (Å²) in [4.78, 5) is 31.5. The second kappa shape index (κ2) is 11.2. The number of ether oxygens (including phenoxy) is 3. The van der Waals surface area contributed by atoms with Gasteiger partial charge in [0, 0.05) is 32.2 Å². The highest BCUT2D eigenvalue weighted by Gasteiger charge is 2.42. The molecule has 1 unspecified atom stereocenters. The van der Waals surface area contributed by atoms with E-state index in [1.165, 1.54) is 0 Å². The maximum Gasteiger partial charge on any atom is 0.290 e. The third-order valence-electron chi connectivity index (χ3n) is 6.79. The lowest BCUT2D eigenvalue weighted by Gasteiger charge is -2.29. The Hall–Kier alpha value is -3.62. The third-order valence-corrected chi connectivity index (χ3v) is 6.79. The average molecular weight is 505 g/mol. The van der Waals surface area contributed by atoms with Crippen LogP contribution in [-0.4, -0.2) is 68.3 Å². The maximum atomic E-state index is 13.8. The molecular weight excluding hydrogens is 472 g/mol. The Labute approximate surface area is 216 Å². The molecule has 5 rings (SSSR count). The Kier molecular flexibility index (Phi) is 7.58. The van der Waals surface area contributed by atoms with Crippen molar-refractivity contribution in [2.75, 3.05) is 52.6 Å². The standard InChI is InChI=1S/C29H32N2O6/c1-3-16-36-21-8-6-20(7-9-21)26-25-27(32)23-11-10-22(35-4-2)19-24(23)37-28(25)29(33)31(26)13-5-12-30-14-17-34-18-15-30/h3,6-11,19,26H,1,4-5,12-18H2,2H3. The van der Waals surface area contributed by atoms with Crippen LogP contribution in [0.1, 0.15) is 41.1 Å². The van der Waals surface area contributed by atoms with Gasteiger partial charge in [-0.3, -0.25) is 14.5 Å². The summed E-state index contributed by atoms with van der Waals surface area (Å²) in [5.41, 5.74) is 1.38. The van der Waals surface area contributed by atoms with Gasteiger partial charge in [0.15, 0.2) is 5.43 Å². The largest absolute Gasteiger partial charge is 0.494 e. The first-order chi connectivity index (χ1) is 18.1. The first kappa shape index (κ1) is 25.0. The molecule has 0 bridgehead atoms. The highest BCUT2D eigenvalue weighted by Crippen LogP contribution is 2.39. The molecule has 1 fully saturated rings. The molecular formula is C29H32N2O6. The molecule has 1 amide bonds. The molecule has 37 heavy (non-hydrogen) atoms. The van der Waals surface area contributed by atoms with Crippen molar-refractivity contribution in [1.29, 1.82) is 0 Å². The molecule has 0 N–H and O–H groups in total. The Morgan fingerprint density at radius 2 is 1.78 bits per heavy atom. The summed E-state index contributed by atoms with van der Waals surface area (Å²) in [6.45, 7) is 11.0. The van der Waals surface area contributed by atoms with Crippen molar-refractivity contribution in [1.82, 2.24) is 9.80 Å². The van der Waals surface area contributed by atoms with Crippen LogP contribution in [0.5, 0.6) is 11.5 Å². The Bertz CT molecular complexity index is 1330. The SMILES string of the molecule is C=CCOc1ccc(C2c3c(oc4cc(OCC)ccc4c3=O)C(=O)N2CCCN2CCOCC2)cc1. The van der Waals surface area contributed by atoms with Gasteiger partial charge in [0.05, 0.1) is 36.8 Å². The molecule has 1 aromatic heterocycles. The van der Waals surface area contributed by atoms with Crippen LogP contribution in [0.15, 0.2) is 64.3 Å². The van der Waals surface area contributed by atoms with Gasteiger partial charge in [-0.15, -0.1) is 0 Å². The van der Waals surface area contributed by atoms with Gasteiger partial charge in [0.2, 0.25) is 5.76 Å². The zero-order valence-corrected chi connectivity index (χ0v) is 21.1. The van der Waals surface area contributed by atoms with Crippen LogP contribution in [0, 0.1) is 0 Å². The van der Waals surface area contributed by atoms with E-state index in [0.29, 0.717) is 47.8 Å². The number of hydrogen-bond acceptors (Lipinski definition) is 7. The highest BCUT2D eigenvalue weighted by molar-refractivity contribution is 5.99. The van der Waals surface area contributed by atoms with Gasteiger partial charge in [-0.25, -0.2) is 0 Å². The smallest absolute Gasteiger partial charge is 0.290 e. The zero-order valence-electron chi connectivity index (χ0n) is 21.1. The number of amides is 1. The quantitative estimate of drug-likeness (QED) is 0.386. The first-order valence-corrected chi connectivity index (χ1v) is 12.8. The molecule has 3 heterocycles. The normalized spacial score (nSPS) is 17.7. The summed E-state index contributed by atoms with van der Waals surface area (Å²) >= 11 is 0. The van der Waals surface area contributed by atoms with Crippen molar-refractivity contribution in [3.8, 4) is 11.5 Å². The third kappa shape index (κ3) is 5.12. The van der Waals surface area contributed by atoms with E-state index in [-0.39, 0.29) is 17.1 Å². The molecule has 2 aliphatic heterocycles. The second-order valence-electron chi connectivity index (χ2n) is 9.14. The lowest BCUT2D eigenvalue weighted by molar-refractivity contribution is 0.0353. The molecule has 0 radical (unpaired) electrons. The predicted octanol–water partition coefficient (Wildman–Crippen LogP) is 4.02. The minimum absolute atomic E-state index is 0.106. The monoisotopic (exact) mass is 504 g/mol. The van der Waals surface area contributed by atoms with Crippen molar-refractivity contribution < 1.29 is 23.4 Å². The molecule has 8 heteroatoms. The van der Waals surface area contributed by atoms with Crippen LogP contribution in [0.25, 0.3) is 11.0 Å². The lowest BCUT2D eigenvalue weighted by Crippen LogP contribution is -2.38. The molecule has 8 nitrogen and oxygen atoms in total. The zero-order chi connectivity index (χ0) is 25.8. The van der Waals surface area contributed by atoms with E-state index in [9.17, 15) is 9.59 Å². The van der Waals surface area contributed by atoms with Gasteiger partial charge >= 0.3 is 0 Å². The fourth-order valence-electron chi connectivity index (χ4n) is 5.02. The Morgan fingerprint density at radius 3 is 2.51 bits per heavy atom. The molecule has 0 spiro atoms. The van der Waals surface area contributed by atoms with Crippen LogP contribution in [0.3, 0.4) is 0 Å². The minimum atomic E-state index is -0.534. The van der Waals surface area contributed by atoms with Crippen LogP contribution in [0.4, 0.5) is 0 Å². The molecule has 0 saturated carbocycles. The molecule has 2 aliphatic rings. The van der Waals surface area contributed by atoms with E-state index in [2.05, 4.69) is 11.5 Å². The van der Waals surface area contributed by atoms with E-state index in [1.807, 2.05) is 31.2 Å². The van der Waals surface area contributed by atoms with Crippen LogP contribution >= 0.6 is 0 Å². The fourth-order valence-corrected chi connectivity index (χ4v) is 5.02. The van der Waals surface area contributed by atoms with E-state index < -0.39 is 6.04 Å². The van der Waals surface area contributed by atoms with Gasteiger partial charge in [0.25, 0.3) is 5.91 Å². The second-order valence-corrected chi connectivity index (χ2v) is 9.14. The Morgan fingerprint density at radius 1 is 1.03 bits per heavy atom. The number of carbonyl (C=O) groups is 1. The summed E-state index contributed by atoms with van der Waals surface area (Å²) in [6.07, 6.45) is 2.46. The molecule has 1 saturated heterocycles. The van der Waals surface area contributed by atoms with Gasteiger partial charge < -0.3 is 23.5 Å². The van der Waals surface area contributed by atoms with E-state index in [0.717, 1.165) is 44.8 Å². The Balaban J connectivity index is 1.51. The summed E-state index contributed by atoms with van der Waals surface area (Å²) in [5.74, 6) is 1.13. The number of nitrogens with zero attached hydrogens (tertiary/aromatic N) is 2. The van der Waals surface area contributed by atoms with Gasteiger partial charge in [-0.1, -0.05) is 24.8 Å². The van der Waals surface area contributed by atoms with E-state index in [1.54, 1.807) is 29.2 Å². The number of rotatable bonds is 10. The number of benzene rings is 2. The molecule has 194 valence electrons. The maximum absolute atomic E-state index is 13.8. The summed E-state index contributed by atoms with van der Waals surface area (Å²) in [7, 11) is 0. The van der Waals surface area contributed by atoms with Crippen molar-refractivity contribution in [2.45, 2.75) is 19.4 Å². The minimum Gasteiger partial charge on any atom is -0.494 e. The van der Waals surface area contributed by atoms with E-state index in [4.69, 9.17) is 18.6 Å². The van der Waals surface area contributed by atoms with Gasteiger partial charge in [-0.05, 0) is 43.2 Å². The van der Waals surface area contributed by atoms with Gasteiger partial charge in [0.1, 0.15) is 23.7 Å². The topological polar surface area (TPSA) is 81.5 Å². The number of fused-ring (bicyclic) bond motifs is 2. The summed E-state index contributed by atoms with van der Waals surface area (Å²) in [5, 5.41) is 0.432. The molecule has 1 atom stereocenters. The van der Waals surface area contributed by atoms with Crippen molar-refractivity contribution in [3.63, 3.8) is 0 Å². The van der Waals surface area contributed by atoms with Crippen molar-refractivity contribution in [2.24, 2.45) is 0 Å². The lowest BCUT2D eigenvalue weighted by atomic mass is 9.98. The fraction of sp³-hybridized carbons (Fsp3) is 0.379. The molecule has 3 aromatic rings. The first-order valence-electron chi connectivity index (χ1n) is 12.8. The number of carbonyl (C=O) groups excluding carboxylic acids is 1. The predicted molar refractivity (Wildman–Crippen MR) is 141 cm³/mol. The van der Waals surface area contributed by atoms with Gasteiger partial charge in [-0.2, -0.15) is 0 Å². The molecule has 2 aromatic carbocycles. The van der Waals surface area contributed by atoms with Crippen molar-refractivity contribution >= 4 is 16.9 Å². The highest BCUT2D eigenvalue weighted by atomic mass is 16.5. The summed E-state index contributed by atoms with van der Waals surface area (Å²) in [6, 6.07) is 12.1. The van der Waals surface area contributed by atoms with Crippen LogP contribution < -0.4 is 14.9 Å². The number of hydrogen-bond donors (Lipinski definition) is 0. The molecule has 0 aliphatic carbocycles.